The fraction of sp³-hybridized carbons (Fsp3) is 0.163. The first-order valence-electron chi connectivity index (χ1n) is 37.0. The molecular formula is C80H73Br3F7N20O16P2S4+. The molecule has 4 amide bonds. The summed E-state index contributed by atoms with van der Waals surface area (Å²) in [6.07, 6.45) is 20.6. The van der Waals surface area contributed by atoms with Crippen molar-refractivity contribution in [2.24, 2.45) is 21.1 Å². The second kappa shape index (κ2) is 49.6. The van der Waals surface area contributed by atoms with Crippen LogP contribution in [-0.4, -0.2) is 141 Å². The highest BCUT2D eigenvalue weighted by Gasteiger charge is 2.30. The maximum Gasteiger partial charge on any atom is 0.505 e. The van der Waals surface area contributed by atoms with E-state index in [1.54, 1.807) is 129 Å². The Kier molecular flexibility index (Phi) is 40.0. The average molecular weight is 2130 g/mol. The van der Waals surface area contributed by atoms with Gasteiger partial charge in [0.15, 0.2) is 45.4 Å². The smallest absolute Gasteiger partial charge is 0.477 e. The van der Waals surface area contributed by atoms with Crippen molar-refractivity contribution in [1.82, 2.24) is 53.5 Å². The van der Waals surface area contributed by atoms with Crippen molar-refractivity contribution in [3.63, 3.8) is 0 Å². The standard InChI is InChI=1S/C20H23FN5O3PS.C16H11BrFN5O3S.C16H13BrFN5OS.C12H6BrF2N3O3.C7H3F2NO4.C5H7NS.C4H10O2P/c1-12(2)29-30(4,28)13-5-6-18(24-11-13)25-19(27)14-9-17(15(21)10-16(14)22)31-20-23-7-8-26(20)3;1-22-5-4-19-16(22)27-13-6-10(12(23(25)26)7-11(13)18)15(24)21-14-3-2-9(17)8-20-14;1-23-5-4-20-16(23)25-13-6-10(12(19)7-11(13)18)15(24)22-14-3-2-9(17)8-21-14;13-6-1-2-11(16-5-6)17-12(19)7-3-8(14)9(15)4-10(7)18(20)21;8-4-1-3(7(11)12)6(10(13)14)2-5(4)9;1-6-4-2-3-5(6)7;1-4(2)6-7(3)5/h5-12H,22H2,1-4H3,(H,24,25,27);2-8H,1H3,(H,20,21,24);2-8H,19H2,1H3,(H,21,22,24);1-5H,(H,16,17,19);1-2H,(H,11,12);2,4H,3H2,1H3;4H,1-3H3/q;;;;;;+1. The highest BCUT2D eigenvalue weighted by Crippen LogP contribution is 2.43. The number of thiocarbonyl (C=S) groups is 1. The Labute approximate surface area is 789 Å². The number of nitrogen functional groups attached to an aromatic ring is 2. The number of benzene rings is 5. The van der Waals surface area contributed by atoms with Gasteiger partial charge in [0.2, 0.25) is 7.37 Å². The van der Waals surface area contributed by atoms with Crippen LogP contribution in [0.25, 0.3) is 0 Å². The first-order chi connectivity index (χ1) is 62.1. The van der Waals surface area contributed by atoms with Gasteiger partial charge in [-0.15, -0.1) is 4.52 Å². The molecule has 0 fully saturated rings. The Hall–Kier alpha value is -12.6. The topological polar surface area (TPSA) is 496 Å². The van der Waals surface area contributed by atoms with E-state index in [9.17, 15) is 94.2 Å². The maximum atomic E-state index is 14.4. The average Bonchev–Trinajstić information content (AvgIpc) is 1.02. The van der Waals surface area contributed by atoms with E-state index >= 15 is 0 Å². The van der Waals surface area contributed by atoms with E-state index in [4.69, 9.17) is 37.8 Å². The van der Waals surface area contributed by atoms with E-state index in [0.717, 1.165) is 75.4 Å². The van der Waals surface area contributed by atoms with Crippen molar-refractivity contribution in [1.29, 1.82) is 0 Å². The van der Waals surface area contributed by atoms with Crippen molar-refractivity contribution in [3.05, 3.63) is 296 Å². The van der Waals surface area contributed by atoms with Gasteiger partial charge in [-0.2, -0.15) is 0 Å². The second-order valence-corrected chi connectivity index (χ2v) is 36.7. The third kappa shape index (κ3) is 32.1. The van der Waals surface area contributed by atoms with Crippen molar-refractivity contribution < 1.29 is 92.8 Å². The summed E-state index contributed by atoms with van der Waals surface area (Å²) in [6.45, 7) is 10.4. The molecule has 9 N–H and O–H groups in total. The third-order valence-corrected chi connectivity index (χ3v) is 24.2. The molecule has 2 unspecified atom stereocenters. The molecule has 13 rings (SSSR count). The number of nitrogens with one attached hydrogen (secondary N) is 4. The zero-order valence-electron chi connectivity index (χ0n) is 70.0. The van der Waals surface area contributed by atoms with E-state index in [0.29, 0.717) is 47.7 Å². The lowest BCUT2D eigenvalue weighted by Gasteiger charge is -2.17. The van der Waals surface area contributed by atoms with Crippen LogP contribution in [-0.2, 0) is 39.3 Å². The molecule has 0 radical (unpaired) electrons. The molecule has 132 heavy (non-hydrogen) atoms. The second-order valence-electron chi connectivity index (χ2n) is 26.9. The number of halogens is 10. The number of hydrogen-bond acceptors (Lipinski definition) is 28. The van der Waals surface area contributed by atoms with E-state index in [2.05, 4.69) is 110 Å². The Balaban J connectivity index is 0.000000220. The molecule has 0 saturated heterocycles. The summed E-state index contributed by atoms with van der Waals surface area (Å²) in [6, 6.07) is 21.0. The summed E-state index contributed by atoms with van der Waals surface area (Å²) < 4.78 is 135. The molecule has 0 saturated carbocycles. The van der Waals surface area contributed by atoms with Crippen LogP contribution in [0.2, 0.25) is 0 Å². The number of aryl methyl sites for hydroxylation is 3. The van der Waals surface area contributed by atoms with Crippen molar-refractivity contribution in [3.8, 4) is 0 Å². The fourth-order valence-corrected chi connectivity index (χ4v) is 15.6. The van der Waals surface area contributed by atoms with E-state index in [-0.39, 0.29) is 84.5 Å². The third-order valence-electron chi connectivity index (χ3n) is 16.2. The number of amides is 4. The van der Waals surface area contributed by atoms with E-state index < -0.39 is 129 Å². The molecule has 2 atom stereocenters. The van der Waals surface area contributed by atoms with Gasteiger partial charge in [0.05, 0.1) is 75.2 Å². The first-order valence-corrected chi connectivity index (χ1v) is 46.0. The molecule has 0 bridgehead atoms. The summed E-state index contributed by atoms with van der Waals surface area (Å²) in [5.74, 6) is -11.0. The minimum Gasteiger partial charge on any atom is -0.477 e. The zero-order chi connectivity index (χ0) is 97.9. The molecule has 0 aliphatic carbocycles. The Morgan fingerprint density at radius 3 is 1.09 bits per heavy atom. The van der Waals surface area contributed by atoms with Gasteiger partial charge in [0, 0.05) is 134 Å². The number of imidazole rings is 3. The molecular weight excluding hydrogens is 2060 g/mol. The molecule has 1 aliphatic rings. The summed E-state index contributed by atoms with van der Waals surface area (Å²) in [4.78, 5) is 121. The Morgan fingerprint density at radius 1 is 0.500 bits per heavy atom. The number of aromatic nitrogens is 10. The van der Waals surface area contributed by atoms with Crippen LogP contribution in [0.3, 0.4) is 0 Å². The number of nitrogens with zero attached hydrogens (tertiary/aromatic N) is 14. The molecule has 5 aromatic carbocycles. The van der Waals surface area contributed by atoms with Crippen LogP contribution < -0.4 is 38.0 Å². The number of pyridine rings is 4. The number of nitro groups is 3. The van der Waals surface area contributed by atoms with Gasteiger partial charge >= 0.3 is 14.0 Å². The van der Waals surface area contributed by atoms with Crippen LogP contribution in [0.15, 0.2) is 227 Å². The van der Waals surface area contributed by atoms with Gasteiger partial charge < -0.3 is 61.0 Å². The minimum atomic E-state index is -3.01. The van der Waals surface area contributed by atoms with Gasteiger partial charge in [-0.1, -0.05) is 18.3 Å². The predicted molar refractivity (Wildman–Crippen MR) is 495 cm³/mol. The lowest BCUT2D eigenvalue weighted by Crippen LogP contribution is -2.17. The summed E-state index contributed by atoms with van der Waals surface area (Å²) in [5, 5.41) is 52.8. The molecule has 8 heterocycles. The molecule has 692 valence electrons. The number of nitro benzene ring substituents is 3. The van der Waals surface area contributed by atoms with Crippen LogP contribution in [0.5, 0.6) is 0 Å². The summed E-state index contributed by atoms with van der Waals surface area (Å²) in [7, 11) is 2.88. The van der Waals surface area contributed by atoms with Crippen LogP contribution in [0.1, 0.15) is 85.9 Å². The molecule has 36 nitrogen and oxygen atoms in total. The van der Waals surface area contributed by atoms with E-state index in [1.807, 2.05) is 32.0 Å². The largest absolute Gasteiger partial charge is 0.505 e. The van der Waals surface area contributed by atoms with Crippen LogP contribution in [0.4, 0.5) is 82.4 Å². The molecule has 52 heteroatoms. The lowest BCUT2D eigenvalue weighted by molar-refractivity contribution is -0.385. The van der Waals surface area contributed by atoms with Gasteiger partial charge in [0.1, 0.15) is 63.5 Å². The summed E-state index contributed by atoms with van der Waals surface area (Å²) >= 11 is 17.7. The predicted octanol–water partition coefficient (Wildman–Crippen LogP) is 19.4. The van der Waals surface area contributed by atoms with Crippen molar-refractivity contribution >= 4 is 202 Å². The molecule has 12 aromatic rings. The van der Waals surface area contributed by atoms with Gasteiger partial charge in [-0.3, -0.25) is 54.1 Å². The Bertz CT molecular complexity index is 6330. The zero-order valence-corrected chi connectivity index (χ0v) is 79.8. The lowest BCUT2D eigenvalue weighted by atomic mass is 10.1. The first kappa shape index (κ1) is 106. The molecule has 7 aromatic heterocycles. The van der Waals surface area contributed by atoms with Gasteiger partial charge in [0.25, 0.3) is 40.7 Å². The number of aromatic carboxylic acids is 1. The van der Waals surface area contributed by atoms with Crippen LogP contribution >= 0.6 is 111 Å². The van der Waals surface area contributed by atoms with Gasteiger partial charge in [-0.05, 0) is 206 Å². The van der Waals surface area contributed by atoms with Gasteiger partial charge in [-0.25, -0.2) is 70.4 Å². The highest BCUT2D eigenvalue weighted by atomic mass is 79.9. The number of anilines is 6. The number of carboxylic acids is 1. The van der Waals surface area contributed by atoms with Crippen LogP contribution in [0, 0.1) is 71.1 Å². The molecule has 1 aliphatic heterocycles. The van der Waals surface area contributed by atoms with Crippen molar-refractivity contribution in [2.75, 3.05) is 53.1 Å². The summed E-state index contributed by atoms with van der Waals surface area (Å²) in [5.41, 5.74) is 7.82. The number of carbonyl (C=O) groups excluding carboxylic acids is 4. The Morgan fingerprint density at radius 2 is 0.818 bits per heavy atom. The SMILES string of the molecule is CC(C)OP(C)(=O)c1ccc(NC(=O)c2cc(Sc3nccn3C)c(F)cc2N)nc1.CC(C)O[P+](C)=O.CN1C=CCC1=S.Cn1ccnc1Sc1cc(C(=O)Nc2ccc(Br)cn2)c(N)cc1F.Cn1ccnc1Sc1cc(C(=O)Nc2ccc(Br)cn2)c([N+](=O)[O-])cc1F.O=C(Nc1ccc(Br)cn1)c1cc(F)c(F)cc1[N+](=O)[O-].O=C(O)c1cc(F)c(F)cc1[N+](=O)[O-]. The monoisotopic (exact) mass is 2130 g/mol. The number of carboxylic acid groups (broad SMARTS) is 1. The number of nitrogens with two attached hydrogens (primary N) is 2. The molecule has 0 spiro atoms. The fourth-order valence-electron chi connectivity index (χ4n) is 10.1. The minimum absolute atomic E-state index is 0.000738. The number of carbonyl (C=O) groups is 5. The maximum absolute atomic E-state index is 14.4. The van der Waals surface area contributed by atoms with Crippen molar-refractivity contribution in [2.45, 2.75) is 76.5 Å². The number of rotatable bonds is 23. The van der Waals surface area contributed by atoms with E-state index in [1.165, 1.54) is 55.6 Å². The quantitative estimate of drug-likeness (QED) is 0.00781. The normalized spacial score (nSPS) is 11.6. The number of hydrogen-bond donors (Lipinski definition) is 7. The highest BCUT2D eigenvalue weighted by molar-refractivity contribution is 9.11.